The monoisotopic (exact) mass is 239 g/mol. The lowest BCUT2D eigenvalue weighted by atomic mass is 9.91. The summed E-state index contributed by atoms with van der Waals surface area (Å²) in [5.74, 6) is -0.368. The zero-order valence-electron chi connectivity index (χ0n) is 9.99. The minimum Gasteiger partial charge on any atom is -0.338 e. The molecular formula is C16H15O2+. The number of esters is 1. The van der Waals surface area contributed by atoms with E-state index in [1.54, 1.807) is 0 Å². The molecule has 18 heavy (non-hydrogen) atoms. The van der Waals surface area contributed by atoms with Gasteiger partial charge in [-0.25, -0.2) is 0 Å². The van der Waals surface area contributed by atoms with Crippen molar-refractivity contribution in [1.82, 2.24) is 0 Å². The molecule has 0 saturated carbocycles. The molecule has 2 aromatic carbocycles. The zero-order valence-corrected chi connectivity index (χ0v) is 9.99. The first kappa shape index (κ1) is 12.1. The maximum atomic E-state index is 10.0. The molecule has 0 saturated heterocycles. The lowest BCUT2D eigenvalue weighted by molar-refractivity contribution is 0.389. The Labute approximate surface area is 107 Å². The summed E-state index contributed by atoms with van der Waals surface area (Å²) in [7, 11) is 0. The van der Waals surface area contributed by atoms with Crippen molar-refractivity contribution >= 4 is 5.97 Å². The van der Waals surface area contributed by atoms with Gasteiger partial charge in [-0.1, -0.05) is 60.7 Å². The van der Waals surface area contributed by atoms with Crippen molar-refractivity contribution in [2.24, 2.45) is 0 Å². The third kappa shape index (κ3) is 2.66. The van der Waals surface area contributed by atoms with Crippen LogP contribution in [0.15, 0.2) is 73.5 Å². The molecule has 0 spiro atoms. The van der Waals surface area contributed by atoms with E-state index < -0.39 is 0 Å². The lowest BCUT2D eigenvalue weighted by Gasteiger charge is -2.10. The molecule has 0 amide bonds. The van der Waals surface area contributed by atoms with Crippen molar-refractivity contribution in [2.75, 3.05) is 0 Å². The van der Waals surface area contributed by atoms with Gasteiger partial charge in [0, 0.05) is 0 Å². The van der Waals surface area contributed by atoms with Gasteiger partial charge in [0.25, 0.3) is 0 Å². The van der Waals surface area contributed by atoms with Crippen LogP contribution in [0.5, 0.6) is 0 Å². The van der Waals surface area contributed by atoms with Crippen LogP contribution in [0.1, 0.15) is 17.0 Å². The molecule has 0 bridgehead atoms. The highest BCUT2D eigenvalue weighted by Gasteiger charge is 2.30. The van der Waals surface area contributed by atoms with Crippen LogP contribution >= 0.6 is 0 Å². The Morgan fingerprint density at radius 2 is 1.39 bits per heavy atom. The second kappa shape index (κ2) is 5.82. The molecule has 0 fully saturated rings. The van der Waals surface area contributed by atoms with Crippen LogP contribution in [0.25, 0.3) is 0 Å². The van der Waals surface area contributed by atoms with Crippen LogP contribution in [0.3, 0.4) is 0 Å². The van der Waals surface area contributed by atoms with Crippen LogP contribution in [0.4, 0.5) is 0 Å². The normalized spacial score (nSPS) is 10.1. The Kier molecular flexibility index (Phi) is 3.92. The standard InChI is InChI=1S/C16H14O2/c1-2-18-16(17)15(13-9-5-3-6-10-13)14-11-7-4-8-12-14/h2-12,15H,1H2/p+1. The average molecular weight is 239 g/mol. The van der Waals surface area contributed by atoms with E-state index in [0.29, 0.717) is 0 Å². The van der Waals surface area contributed by atoms with Crippen LogP contribution in [-0.4, -0.2) is 10.8 Å². The molecule has 0 aliphatic heterocycles. The van der Waals surface area contributed by atoms with E-state index in [2.05, 4.69) is 6.58 Å². The highest BCUT2D eigenvalue weighted by molar-refractivity contribution is 5.83. The van der Waals surface area contributed by atoms with Gasteiger partial charge in [-0.3, -0.25) is 4.74 Å². The maximum Gasteiger partial charge on any atom is 0.500 e. The highest BCUT2D eigenvalue weighted by atomic mass is 16.5. The molecule has 0 unspecified atom stereocenters. The van der Waals surface area contributed by atoms with E-state index >= 15 is 0 Å². The van der Waals surface area contributed by atoms with E-state index in [9.17, 15) is 4.79 Å². The number of ether oxygens (including phenoxy) is 1. The van der Waals surface area contributed by atoms with E-state index in [0.717, 1.165) is 11.1 Å². The SMILES string of the molecule is C=COC(=[OH+])C(c1ccccc1)c1ccccc1. The molecule has 2 nitrogen and oxygen atoms in total. The first-order chi connectivity index (χ1) is 8.83. The van der Waals surface area contributed by atoms with Crippen LogP contribution < -0.4 is 0 Å². The van der Waals surface area contributed by atoms with Gasteiger partial charge in [0.05, 0.1) is 0 Å². The summed E-state index contributed by atoms with van der Waals surface area (Å²) in [5.41, 5.74) is 1.95. The fourth-order valence-corrected chi connectivity index (χ4v) is 1.92. The smallest absolute Gasteiger partial charge is 0.338 e. The summed E-state index contributed by atoms with van der Waals surface area (Å²) >= 11 is 0. The minimum absolute atomic E-state index is 0.0672. The predicted molar refractivity (Wildman–Crippen MR) is 73.0 cm³/mol. The second-order valence-electron chi connectivity index (χ2n) is 3.88. The Hall–Kier alpha value is -2.35. The Balaban J connectivity index is 2.41. The summed E-state index contributed by atoms with van der Waals surface area (Å²) in [6.07, 6.45) is 1.23. The zero-order chi connectivity index (χ0) is 12.8. The number of carbonyl (C=O) groups excluding carboxylic acids is 1. The Bertz CT molecular complexity index is 478. The molecule has 0 atom stereocenters. The first-order valence-corrected chi connectivity index (χ1v) is 5.76. The third-order valence-corrected chi connectivity index (χ3v) is 2.72. The number of rotatable bonds is 4. The highest BCUT2D eigenvalue weighted by Crippen LogP contribution is 2.25. The topological polar surface area (TPSA) is 30.6 Å². The molecule has 2 rings (SSSR count). The van der Waals surface area contributed by atoms with Gasteiger partial charge in [0.2, 0.25) is 6.26 Å². The van der Waals surface area contributed by atoms with Crippen molar-refractivity contribution in [2.45, 2.75) is 5.92 Å². The van der Waals surface area contributed by atoms with Gasteiger partial charge in [-0.05, 0) is 17.7 Å². The average Bonchev–Trinajstić information content (AvgIpc) is 2.42. The molecule has 1 N–H and O–H groups in total. The lowest BCUT2D eigenvalue weighted by Crippen LogP contribution is -2.15. The van der Waals surface area contributed by atoms with Crippen molar-refractivity contribution in [1.29, 1.82) is 0 Å². The summed E-state index contributed by atoms with van der Waals surface area (Å²) < 4.78 is 5.05. The summed E-state index contributed by atoms with van der Waals surface area (Å²) in [5, 5.41) is 0. The van der Waals surface area contributed by atoms with Crippen molar-refractivity contribution in [3.63, 3.8) is 0 Å². The Morgan fingerprint density at radius 1 is 0.944 bits per heavy atom. The third-order valence-electron chi connectivity index (χ3n) is 2.72. The quantitative estimate of drug-likeness (QED) is 0.456. The minimum atomic E-state index is -0.301. The van der Waals surface area contributed by atoms with Gasteiger partial charge in [0.15, 0.2) is 5.92 Å². The van der Waals surface area contributed by atoms with E-state index in [4.69, 9.17) is 4.74 Å². The maximum absolute atomic E-state index is 10.0. The van der Waals surface area contributed by atoms with Crippen molar-refractivity contribution < 1.29 is 9.53 Å². The van der Waals surface area contributed by atoms with Crippen molar-refractivity contribution in [3.8, 4) is 0 Å². The van der Waals surface area contributed by atoms with Gasteiger partial charge < -0.3 is 4.79 Å². The molecule has 0 aromatic heterocycles. The molecule has 0 aliphatic carbocycles. The van der Waals surface area contributed by atoms with Crippen LogP contribution in [0.2, 0.25) is 0 Å². The molecule has 90 valence electrons. The van der Waals surface area contributed by atoms with Crippen molar-refractivity contribution in [3.05, 3.63) is 84.6 Å². The number of hydrogen-bond acceptors (Lipinski definition) is 1. The van der Waals surface area contributed by atoms with E-state index in [1.807, 2.05) is 60.7 Å². The molecule has 2 heteroatoms. The number of hydrogen-bond donors (Lipinski definition) is 0. The molecule has 0 aliphatic rings. The first-order valence-electron chi connectivity index (χ1n) is 5.76. The van der Waals surface area contributed by atoms with Gasteiger partial charge in [0.1, 0.15) is 0 Å². The predicted octanol–water partition coefficient (Wildman–Crippen LogP) is 3.48. The molecular weight excluding hydrogens is 224 g/mol. The van der Waals surface area contributed by atoms with Gasteiger partial charge in [-0.2, -0.15) is 0 Å². The summed E-state index contributed by atoms with van der Waals surface area (Å²) in [4.78, 5) is 10.0. The van der Waals surface area contributed by atoms with Crippen LogP contribution in [-0.2, 0) is 4.74 Å². The fourth-order valence-electron chi connectivity index (χ4n) is 1.92. The summed E-state index contributed by atoms with van der Waals surface area (Å²) in [6.45, 7) is 3.47. The van der Waals surface area contributed by atoms with Gasteiger partial charge in [-0.15, -0.1) is 0 Å². The van der Waals surface area contributed by atoms with E-state index in [-0.39, 0.29) is 11.9 Å². The Morgan fingerprint density at radius 3 is 1.78 bits per heavy atom. The molecule has 2 aromatic rings. The fraction of sp³-hybridized carbons (Fsp3) is 0.0625. The summed E-state index contributed by atoms with van der Waals surface area (Å²) in [6, 6.07) is 19.5. The van der Waals surface area contributed by atoms with Crippen LogP contribution in [0, 0.1) is 0 Å². The number of benzene rings is 2. The largest absolute Gasteiger partial charge is 0.500 e. The molecule has 0 heterocycles. The molecule has 0 radical (unpaired) electrons. The van der Waals surface area contributed by atoms with E-state index in [1.165, 1.54) is 6.26 Å². The van der Waals surface area contributed by atoms with Gasteiger partial charge >= 0.3 is 5.97 Å². The second-order valence-corrected chi connectivity index (χ2v) is 3.88.